The lowest BCUT2D eigenvalue weighted by Crippen LogP contribution is -2.23. The van der Waals surface area contributed by atoms with Crippen molar-refractivity contribution in [2.45, 2.75) is 31.7 Å². The molecule has 2 aliphatic rings. The highest BCUT2D eigenvalue weighted by Crippen LogP contribution is 2.42. The lowest BCUT2D eigenvalue weighted by atomic mass is 9.86. The molecule has 3 heteroatoms. The molecule has 17 heavy (non-hydrogen) atoms. The molecule has 2 atom stereocenters. The van der Waals surface area contributed by atoms with Gasteiger partial charge in [-0.2, -0.15) is 0 Å². The highest BCUT2D eigenvalue weighted by molar-refractivity contribution is 5.67. The summed E-state index contributed by atoms with van der Waals surface area (Å²) in [4.78, 5) is 10.9. The Kier molecular flexibility index (Phi) is 2.39. The third-order valence-electron chi connectivity index (χ3n) is 3.46. The summed E-state index contributed by atoms with van der Waals surface area (Å²) in [6.45, 7) is 1.45. The second kappa shape index (κ2) is 3.91. The normalized spacial score (nSPS) is 25.4. The van der Waals surface area contributed by atoms with Gasteiger partial charge in [0.15, 0.2) is 0 Å². The molecule has 0 aromatic heterocycles. The average Bonchev–Trinajstić information content (AvgIpc) is 2.65. The number of ether oxygens (including phenoxy) is 1. The van der Waals surface area contributed by atoms with E-state index in [1.807, 2.05) is 6.07 Å². The fourth-order valence-corrected chi connectivity index (χ4v) is 2.77. The van der Waals surface area contributed by atoms with E-state index in [1.54, 1.807) is 0 Å². The van der Waals surface area contributed by atoms with Crippen LogP contribution in [-0.2, 0) is 9.53 Å². The number of anilines is 1. The van der Waals surface area contributed by atoms with Crippen LogP contribution in [0.1, 0.15) is 31.2 Å². The Morgan fingerprint density at radius 1 is 1.41 bits per heavy atom. The number of carbonyl (C=O) groups is 1. The molecule has 0 fully saturated rings. The molecule has 1 aliphatic heterocycles. The molecule has 0 saturated heterocycles. The molecule has 0 saturated carbocycles. The molecule has 2 unspecified atom stereocenters. The zero-order chi connectivity index (χ0) is 11.8. The quantitative estimate of drug-likeness (QED) is 0.752. The van der Waals surface area contributed by atoms with Crippen molar-refractivity contribution in [1.29, 1.82) is 0 Å². The smallest absolute Gasteiger partial charge is 0.307 e. The van der Waals surface area contributed by atoms with Crippen molar-refractivity contribution < 1.29 is 9.53 Å². The summed E-state index contributed by atoms with van der Waals surface area (Å²) in [5, 5.41) is 3.47. The molecule has 1 N–H and O–H groups in total. The number of para-hydroxylation sites is 1. The lowest BCUT2D eigenvalue weighted by Gasteiger charge is -2.24. The monoisotopic (exact) mass is 229 g/mol. The number of rotatable bonds is 1. The Bertz CT molecular complexity index is 493. The van der Waals surface area contributed by atoms with Crippen molar-refractivity contribution in [3.8, 4) is 0 Å². The van der Waals surface area contributed by atoms with Gasteiger partial charge in [0.25, 0.3) is 0 Å². The molecule has 1 aliphatic carbocycles. The number of allylic oxidation sites excluding steroid dienone is 1. The van der Waals surface area contributed by atoms with E-state index >= 15 is 0 Å². The number of nitrogens with one attached hydrogen (secondary N) is 1. The Hall–Kier alpha value is -1.77. The van der Waals surface area contributed by atoms with E-state index < -0.39 is 0 Å². The molecule has 0 radical (unpaired) electrons. The van der Waals surface area contributed by atoms with Gasteiger partial charge in [0.2, 0.25) is 0 Å². The van der Waals surface area contributed by atoms with E-state index in [0.29, 0.717) is 5.92 Å². The van der Waals surface area contributed by atoms with Crippen molar-refractivity contribution >= 4 is 11.7 Å². The summed E-state index contributed by atoms with van der Waals surface area (Å²) in [6, 6.07) is 8.68. The van der Waals surface area contributed by atoms with Crippen molar-refractivity contribution in [3.05, 3.63) is 41.7 Å². The van der Waals surface area contributed by atoms with Crippen LogP contribution in [-0.4, -0.2) is 12.0 Å². The fourth-order valence-electron chi connectivity index (χ4n) is 2.77. The van der Waals surface area contributed by atoms with Gasteiger partial charge < -0.3 is 10.1 Å². The van der Waals surface area contributed by atoms with Crippen LogP contribution in [0.5, 0.6) is 0 Å². The number of hydrogen-bond donors (Lipinski definition) is 1. The molecule has 0 spiro atoms. The van der Waals surface area contributed by atoms with E-state index in [4.69, 9.17) is 4.74 Å². The Labute approximate surface area is 100 Å². The third kappa shape index (κ3) is 1.82. The molecule has 3 nitrogen and oxygen atoms in total. The van der Waals surface area contributed by atoms with Gasteiger partial charge in [0.1, 0.15) is 5.76 Å². The number of fused-ring (bicyclic) bond motifs is 3. The molecule has 1 heterocycles. The van der Waals surface area contributed by atoms with E-state index in [9.17, 15) is 4.79 Å². The molecule has 0 amide bonds. The average molecular weight is 229 g/mol. The molecule has 1 aromatic rings. The van der Waals surface area contributed by atoms with Gasteiger partial charge in [0.05, 0.1) is 6.04 Å². The summed E-state index contributed by atoms with van der Waals surface area (Å²) >= 11 is 0. The van der Waals surface area contributed by atoms with Gasteiger partial charge in [0, 0.05) is 24.9 Å². The van der Waals surface area contributed by atoms with Crippen LogP contribution >= 0.6 is 0 Å². The SMILES string of the molecule is CC(=O)OC1=CC2Nc3ccccc3C2CC1. The number of hydrogen-bond acceptors (Lipinski definition) is 3. The van der Waals surface area contributed by atoms with Crippen LogP contribution in [0.15, 0.2) is 36.1 Å². The third-order valence-corrected chi connectivity index (χ3v) is 3.46. The Morgan fingerprint density at radius 2 is 2.24 bits per heavy atom. The van der Waals surface area contributed by atoms with E-state index in [0.717, 1.165) is 18.6 Å². The minimum atomic E-state index is -0.231. The topological polar surface area (TPSA) is 38.3 Å². The van der Waals surface area contributed by atoms with Crippen molar-refractivity contribution in [2.24, 2.45) is 0 Å². The molecule has 3 rings (SSSR count). The first-order valence-electron chi connectivity index (χ1n) is 5.98. The van der Waals surface area contributed by atoms with Crippen LogP contribution < -0.4 is 5.32 Å². The predicted molar refractivity (Wildman–Crippen MR) is 65.7 cm³/mol. The van der Waals surface area contributed by atoms with E-state index in [2.05, 4.69) is 29.6 Å². The van der Waals surface area contributed by atoms with Crippen molar-refractivity contribution in [3.63, 3.8) is 0 Å². The van der Waals surface area contributed by atoms with Gasteiger partial charge in [-0.1, -0.05) is 18.2 Å². The summed E-state index contributed by atoms with van der Waals surface area (Å²) < 4.78 is 5.18. The zero-order valence-corrected chi connectivity index (χ0v) is 9.77. The summed E-state index contributed by atoms with van der Waals surface area (Å²) in [6.07, 6.45) is 3.93. The Morgan fingerprint density at radius 3 is 3.06 bits per heavy atom. The van der Waals surface area contributed by atoms with Crippen molar-refractivity contribution in [2.75, 3.05) is 5.32 Å². The first-order valence-corrected chi connectivity index (χ1v) is 5.98. The van der Waals surface area contributed by atoms with Gasteiger partial charge in [-0.3, -0.25) is 4.79 Å². The van der Waals surface area contributed by atoms with Crippen LogP contribution in [0, 0.1) is 0 Å². The van der Waals surface area contributed by atoms with Gasteiger partial charge in [-0.05, 0) is 24.1 Å². The van der Waals surface area contributed by atoms with Gasteiger partial charge in [-0.15, -0.1) is 0 Å². The van der Waals surface area contributed by atoms with Gasteiger partial charge in [-0.25, -0.2) is 0 Å². The second-order valence-electron chi connectivity index (χ2n) is 4.63. The van der Waals surface area contributed by atoms with Crippen LogP contribution in [0.25, 0.3) is 0 Å². The highest BCUT2D eigenvalue weighted by atomic mass is 16.5. The summed E-state index contributed by atoms with van der Waals surface area (Å²) in [5.74, 6) is 1.09. The standard InChI is InChI=1S/C14H15NO2/c1-9(16)17-10-6-7-12-11-4-2-3-5-13(11)15-14(12)8-10/h2-5,8,12,14-15H,6-7H2,1H3. The maximum absolute atomic E-state index is 10.9. The van der Waals surface area contributed by atoms with Crippen LogP contribution in [0.4, 0.5) is 5.69 Å². The summed E-state index contributed by atoms with van der Waals surface area (Å²) in [7, 11) is 0. The highest BCUT2D eigenvalue weighted by Gasteiger charge is 2.33. The molecule has 1 aromatic carbocycles. The largest absolute Gasteiger partial charge is 0.432 e. The van der Waals surface area contributed by atoms with E-state index in [1.165, 1.54) is 18.2 Å². The Balaban J connectivity index is 1.86. The predicted octanol–water partition coefficient (Wildman–Crippen LogP) is 2.81. The minimum Gasteiger partial charge on any atom is -0.432 e. The van der Waals surface area contributed by atoms with Gasteiger partial charge >= 0.3 is 5.97 Å². The first kappa shape index (κ1) is 10.4. The maximum Gasteiger partial charge on any atom is 0.307 e. The molecular weight excluding hydrogens is 214 g/mol. The second-order valence-corrected chi connectivity index (χ2v) is 4.63. The number of carbonyl (C=O) groups excluding carboxylic acids is 1. The summed E-state index contributed by atoms with van der Waals surface area (Å²) in [5.41, 5.74) is 2.60. The number of esters is 1. The molecule has 88 valence electrons. The van der Waals surface area contributed by atoms with Crippen molar-refractivity contribution in [1.82, 2.24) is 0 Å². The minimum absolute atomic E-state index is 0.231. The number of benzene rings is 1. The first-order chi connectivity index (χ1) is 8.24. The maximum atomic E-state index is 10.9. The molecule has 0 bridgehead atoms. The fraction of sp³-hybridized carbons (Fsp3) is 0.357. The lowest BCUT2D eigenvalue weighted by molar-refractivity contribution is -0.137. The molecular formula is C14H15NO2. The zero-order valence-electron chi connectivity index (χ0n) is 9.77. The van der Waals surface area contributed by atoms with Crippen LogP contribution in [0.3, 0.4) is 0 Å². The van der Waals surface area contributed by atoms with Crippen LogP contribution in [0.2, 0.25) is 0 Å². The van der Waals surface area contributed by atoms with E-state index in [-0.39, 0.29) is 12.0 Å².